The highest BCUT2D eigenvalue weighted by Crippen LogP contribution is 2.15. The molecular formula is C9H18N2O4. The van der Waals surface area contributed by atoms with Gasteiger partial charge in [-0.3, -0.25) is 4.79 Å². The lowest BCUT2D eigenvalue weighted by atomic mass is 9.99. The summed E-state index contributed by atoms with van der Waals surface area (Å²) in [5.74, 6) is -0.223. The van der Waals surface area contributed by atoms with Crippen molar-refractivity contribution in [1.29, 1.82) is 0 Å². The van der Waals surface area contributed by atoms with Crippen molar-refractivity contribution in [1.82, 2.24) is 5.32 Å². The summed E-state index contributed by atoms with van der Waals surface area (Å²) in [5.41, 5.74) is 4.96. The maximum absolute atomic E-state index is 11.7. The monoisotopic (exact) mass is 218 g/mol. The Morgan fingerprint density at radius 2 is 2.27 bits per heavy atom. The summed E-state index contributed by atoms with van der Waals surface area (Å²) >= 11 is 0. The van der Waals surface area contributed by atoms with E-state index in [0.717, 1.165) is 0 Å². The Labute approximate surface area is 89.0 Å². The summed E-state index contributed by atoms with van der Waals surface area (Å²) in [4.78, 5) is 11.7. The summed E-state index contributed by atoms with van der Waals surface area (Å²) in [7, 11) is 3.02. The molecule has 0 saturated carbocycles. The maximum atomic E-state index is 11.7. The minimum Gasteiger partial charge on any atom is -0.379 e. The fourth-order valence-electron chi connectivity index (χ4n) is 1.37. The van der Waals surface area contributed by atoms with Gasteiger partial charge in [-0.2, -0.15) is 0 Å². The lowest BCUT2D eigenvalue weighted by Crippen LogP contribution is -2.55. The summed E-state index contributed by atoms with van der Waals surface area (Å²) in [5, 5.41) is 2.67. The predicted molar refractivity (Wildman–Crippen MR) is 53.2 cm³/mol. The van der Waals surface area contributed by atoms with E-state index in [2.05, 4.69) is 5.32 Å². The van der Waals surface area contributed by atoms with E-state index in [0.29, 0.717) is 13.0 Å². The molecule has 0 spiro atoms. The van der Waals surface area contributed by atoms with Crippen molar-refractivity contribution in [3.63, 3.8) is 0 Å². The fourth-order valence-corrected chi connectivity index (χ4v) is 1.37. The smallest absolute Gasteiger partial charge is 0.242 e. The number of rotatable bonds is 5. The Morgan fingerprint density at radius 1 is 1.60 bits per heavy atom. The van der Waals surface area contributed by atoms with Crippen molar-refractivity contribution in [3.05, 3.63) is 0 Å². The SMILES string of the molecule is COC(CNC(=O)C1(N)CCOC1)OC. The van der Waals surface area contributed by atoms with Gasteiger partial charge in [0.1, 0.15) is 5.54 Å². The lowest BCUT2D eigenvalue weighted by Gasteiger charge is -2.22. The number of nitrogens with two attached hydrogens (primary N) is 1. The van der Waals surface area contributed by atoms with Crippen molar-refractivity contribution in [3.8, 4) is 0 Å². The second-order valence-electron chi connectivity index (χ2n) is 3.57. The number of amides is 1. The molecular weight excluding hydrogens is 200 g/mol. The zero-order valence-electron chi connectivity index (χ0n) is 9.12. The molecule has 6 nitrogen and oxygen atoms in total. The highest BCUT2D eigenvalue weighted by molar-refractivity contribution is 5.86. The molecule has 1 unspecified atom stereocenters. The molecule has 0 aromatic heterocycles. The molecule has 1 heterocycles. The van der Waals surface area contributed by atoms with Crippen LogP contribution in [0.4, 0.5) is 0 Å². The molecule has 6 heteroatoms. The molecule has 1 amide bonds. The molecule has 0 aromatic rings. The van der Waals surface area contributed by atoms with Crippen molar-refractivity contribution in [2.45, 2.75) is 18.2 Å². The van der Waals surface area contributed by atoms with Gasteiger partial charge in [0.05, 0.1) is 13.2 Å². The maximum Gasteiger partial charge on any atom is 0.242 e. The normalized spacial score (nSPS) is 25.9. The second kappa shape index (κ2) is 5.41. The predicted octanol–water partition coefficient (Wildman–Crippen LogP) is -1.16. The van der Waals surface area contributed by atoms with Crippen LogP contribution in [0.15, 0.2) is 0 Å². The van der Waals surface area contributed by atoms with Crippen LogP contribution in [-0.4, -0.2) is 51.7 Å². The highest BCUT2D eigenvalue weighted by atomic mass is 16.7. The van der Waals surface area contributed by atoms with Gasteiger partial charge in [0.25, 0.3) is 0 Å². The Hall–Kier alpha value is -0.690. The summed E-state index contributed by atoms with van der Waals surface area (Å²) in [6.07, 6.45) is 0.101. The quantitative estimate of drug-likeness (QED) is 0.569. The molecule has 1 fully saturated rings. The average Bonchev–Trinajstić information content (AvgIpc) is 2.68. The minimum absolute atomic E-state index is 0.223. The first-order valence-corrected chi connectivity index (χ1v) is 4.83. The van der Waals surface area contributed by atoms with Gasteiger partial charge in [-0.25, -0.2) is 0 Å². The van der Waals surface area contributed by atoms with Crippen LogP contribution in [0.1, 0.15) is 6.42 Å². The van der Waals surface area contributed by atoms with Gasteiger partial charge in [0.15, 0.2) is 6.29 Å². The van der Waals surface area contributed by atoms with Crippen LogP contribution in [0.25, 0.3) is 0 Å². The molecule has 1 aliphatic rings. The van der Waals surface area contributed by atoms with Crippen LogP contribution in [-0.2, 0) is 19.0 Å². The van der Waals surface area contributed by atoms with Gasteiger partial charge < -0.3 is 25.3 Å². The van der Waals surface area contributed by atoms with Crippen LogP contribution >= 0.6 is 0 Å². The van der Waals surface area contributed by atoms with E-state index in [-0.39, 0.29) is 19.1 Å². The number of ether oxygens (including phenoxy) is 3. The van der Waals surface area contributed by atoms with Crippen LogP contribution in [0.3, 0.4) is 0 Å². The molecule has 0 radical (unpaired) electrons. The highest BCUT2D eigenvalue weighted by Gasteiger charge is 2.38. The van der Waals surface area contributed by atoms with E-state index < -0.39 is 11.8 Å². The van der Waals surface area contributed by atoms with E-state index in [9.17, 15) is 4.79 Å². The van der Waals surface area contributed by atoms with E-state index in [4.69, 9.17) is 19.9 Å². The third-order valence-corrected chi connectivity index (χ3v) is 2.46. The van der Waals surface area contributed by atoms with Crippen molar-refractivity contribution in [2.75, 3.05) is 34.0 Å². The van der Waals surface area contributed by atoms with Crippen LogP contribution in [0.2, 0.25) is 0 Å². The molecule has 15 heavy (non-hydrogen) atoms. The Kier molecular flexibility index (Phi) is 4.46. The largest absolute Gasteiger partial charge is 0.379 e. The Balaban J connectivity index is 2.35. The van der Waals surface area contributed by atoms with Gasteiger partial charge in [-0.15, -0.1) is 0 Å². The van der Waals surface area contributed by atoms with Crippen molar-refractivity contribution >= 4 is 5.91 Å². The van der Waals surface area contributed by atoms with E-state index in [1.165, 1.54) is 14.2 Å². The van der Waals surface area contributed by atoms with Crippen LogP contribution in [0, 0.1) is 0 Å². The summed E-state index contributed by atoms with van der Waals surface area (Å²) in [6, 6.07) is 0. The first kappa shape index (κ1) is 12.4. The van der Waals surface area contributed by atoms with Gasteiger partial charge in [0.2, 0.25) is 5.91 Å². The molecule has 88 valence electrons. The zero-order chi connectivity index (χ0) is 11.3. The van der Waals surface area contributed by atoms with Crippen molar-refractivity contribution < 1.29 is 19.0 Å². The number of carbonyl (C=O) groups is 1. The fraction of sp³-hybridized carbons (Fsp3) is 0.889. The Bertz CT molecular complexity index is 212. The van der Waals surface area contributed by atoms with Gasteiger partial charge >= 0.3 is 0 Å². The standard InChI is InChI=1S/C9H18N2O4/c1-13-7(14-2)5-11-8(12)9(10)3-4-15-6-9/h7H,3-6,10H2,1-2H3,(H,11,12). The number of hydrogen-bond donors (Lipinski definition) is 2. The molecule has 1 atom stereocenters. The number of carbonyl (C=O) groups excluding carboxylic acids is 1. The summed E-state index contributed by atoms with van der Waals surface area (Å²) in [6.45, 7) is 1.08. The number of nitrogens with one attached hydrogen (secondary N) is 1. The molecule has 3 N–H and O–H groups in total. The van der Waals surface area contributed by atoms with Crippen molar-refractivity contribution in [2.24, 2.45) is 5.73 Å². The third-order valence-electron chi connectivity index (χ3n) is 2.46. The van der Waals surface area contributed by atoms with Crippen LogP contribution in [0.5, 0.6) is 0 Å². The number of methoxy groups -OCH3 is 2. The van der Waals surface area contributed by atoms with Gasteiger partial charge in [-0.1, -0.05) is 0 Å². The van der Waals surface area contributed by atoms with E-state index >= 15 is 0 Å². The second-order valence-corrected chi connectivity index (χ2v) is 3.57. The van der Waals surface area contributed by atoms with E-state index in [1.54, 1.807) is 0 Å². The van der Waals surface area contributed by atoms with Gasteiger partial charge in [0, 0.05) is 20.8 Å². The topological polar surface area (TPSA) is 82.8 Å². The molecule has 1 rings (SSSR count). The summed E-state index contributed by atoms with van der Waals surface area (Å²) < 4.78 is 15.0. The lowest BCUT2D eigenvalue weighted by molar-refractivity contribution is -0.132. The molecule has 1 aliphatic heterocycles. The van der Waals surface area contributed by atoms with Gasteiger partial charge in [-0.05, 0) is 6.42 Å². The third kappa shape index (κ3) is 3.13. The molecule has 0 aliphatic carbocycles. The molecule has 0 bridgehead atoms. The first-order valence-electron chi connectivity index (χ1n) is 4.83. The van der Waals surface area contributed by atoms with E-state index in [1.807, 2.05) is 0 Å². The minimum atomic E-state index is -0.897. The first-order chi connectivity index (χ1) is 7.12. The Morgan fingerprint density at radius 3 is 2.73 bits per heavy atom. The molecule has 1 saturated heterocycles. The zero-order valence-corrected chi connectivity index (χ0v) is 9.12. The van der Waals surface area contributed by atoms with Crippen LogP contribution < -0.4 is 11.1 Å². The molecule has 0 aromatic carbocycles. The average molecular weight is 218 g/mol. The number of hydrogen-bond acceptors (Lipinski definition) is 5.